The van der Waals surface area contributed by atoms with Crippen LogP contribution in [0.25, 0.3) is 0 Å². The van der Waals surface area contributed by atoms with E-state index in [4.69, 9.17) is 32.7 Å². The van der Waals surface area contributed by atoms with E-state index in [9.17, 15) is 14.9 Å². The molecule has 0 saturated heterocycles. The van der Waals surface area contributed by atoms with Crippen LogP contribution in [-0.4, -0.2) is 29.5 Å². The Bertz CT molecular complexity index is 785. The zero-order valence-corrected chi connectivity index (χ0v) is 13.8. The van der Waals surface area contributed by atoms with Crippen molar-refractivity contribution in [1.82, 2.24) is 4.98 Å². The summed E-state index contributed by atoms with van der Waals surface area (Å²) >= 11 is 11.6. The summed E-state index contributed by atoms with van der Waals surface area (Å²) in [6.07, 6.45) is 1.32. The standard InChI is InChI=1S/C14H11Cl2N3O5/c1-23-9-2-3-12(11(5-9)19(21)22)24-7-13(20)18-14-10(16)4-8(15)6-17-14/h2-6H,7H2,1H3,(H,17,18,20). The first-order chi connectivity index (χ1) is 11.4. The molecule has 0 fully saturated rings. The van der Waals surface area contributed by atoms with Gasteiger partial charge in [0, 0.05) is 6.20 Å². The second kappa shape index (κ2) is 7.80. The predicted molar refractivity (Wildman–Crippen MR) is 88.0 cm³/mol. The van der Waals surface area contributed by atoms with E-state index in [0.29, 0.717) is 10.8 Å². The van der Waals surface area contributed by atoms with Crippen LogP contribution in [0.3, 0.4) is 0 Å². The number of pyridine rings is 1. The van der Waals surface area contributed by atoms with Crippen molar-refractivity contribution >= 4 is 40.6 Å². The lowest BCUT2D eigenvalue weighted by atomic mass is 10.3. The maximum absolute atomic E-state index is 11.9. The molecular weight excluding hydrogens is 361 g/mol. The quantitative estimate of drug-likeness (QED) is 0.616. The third kappa shape index (κ3) is 4.46. The van der Waals surface area contributed by atoms with Gasteiger partial charge >= 0.3 is 5.69 Å². The Labute approximate surface area is 146 Å². The van der Waals surface area contributed by atoms with E-state index in [1.807, 2.05) is 0 Å². The summed E-state index contributed by atoms with van der Waals surface area (Å²) in [6.45, 7) is -0.464. The molecule has 0 aliphatic carbocycles. The van der Waals surface area contributed by atoms with E-state index in [1.54, 1.807) is 0 Å². The number of nitrogens with zero attached hydrogens (tertiary/aromatic N) is 2. The number of ether oxygens (including phenoxy) is 2. The molecule has 126 valence electrons. The van der Waals surface area contributed by atoms with Crippen molar-refractivity contribution in [2.75, 3.05) is 19.0 Å². The number of anilines is 1. The molecule has 10 heteroatoms. The van der Waals surface area contributed by atoms with Gasteiger partial charge in [-0.1, -0.05) is 23.2 Å². The lowest BCUT2D eigenvalue weighted by Crippen LogP contribution is -2.21. The van der Waals surface area contributed by atoms with Gasteiger partial charge in [0.2, 0.25) is 0 Å². The molecule has 0 atom stereocenters. The fraction of sp³-hybridized carbons (Fsp3) is 0.143. The maximum Gasteiger partial charge on any atom is 0.314 e. The molecule has 1 heterocycles. The van der Waals surface area contributed by atoms with Crippen molar-refractivity contribution in [3.63, 3.8) is 0 Å². The number of carbonyl (C=O) groups excluding carboxylic acids is 1. The summed E-state index contributed by atoms with van der Waals surface area (Å²) < 4.78 is 10.1. The molecule has 0 bridgehead atoms. The van der Waals surface area contributed by atoms with Crippen molar-refractivity contribution in [3.8, 4) is 11.5 Å². The number of rotatable bonds is 6. The smallest absolute Gasteiger partial charge is 0.314 e. The van der Waals surface area contributed by atoms with E-state index in [2.05, 4.69) is 10.3 Å². The molecule has 0 unspecified atom stereocenters. The first kappa shape index (κ1) is 17.8. The third-order valence-corrected chi connectivity index (χ3v) is 3.28. The Hall–Kier alpha value is -2.58. The average molecular weight is 372 g/mol. The largest absolute Gasteiger partial charge is 0.496 e. The van der Waals surface area contributed by atoms with E-state index in [-0.39, 0.29) is 22.3 Å². The highest BCUT2D eigenvalue weighted by Crippen LogP contribution is 2.31. The van der Waals surface area contributed by atoms with Gasteiger partial charge in [-0.05, 0) is 18.2 Å². The Kier molecular flexibility index (Phi) is 5.78. The molecule has 1 aromatic carbocycles. The molecule has 2 rings (SSSR count). The SMILES string of the molecule is COc1ccc(OCC(=O)Nc2ncc(Cl)cc2Cl)c([N+](=O)[O-])c1. The first-order valence-electron chi connectivity index (χ1n) is 6.47. The Morgan fingerprint density at radius 1 is 1.38 bits per heavy atom. The summed E-state index contributed by atoms with van der Waals surface area (Å²) in [7, 11) is 1.38. The van der Waals surface area contributed by atoms with Crippen molar-refractivity contribution < 1.29 is 19.2 Å². The van der Waals surface area contributed by atoms with Gasteiger partial charge in [0.15, 0.2) is 18.2 Å². The van der Waals surface area contributed by atoms with Crippen molar-refractivity contribution in [1.29, 1.82) is 0 Å². The van der Waals surface area contributed by atoms with Gasteiger partial charge in [-0.2, -0.15) is 0 Å². The van der Waals surface area contributed by atoms with Crippen LogP contribution in [0.4, 0.5) is 11.5 Å². The van der Waals surface area contributed by atoms with Gasteiger partial charge in [-0.25, -0.2) is 4.98 Å². The van der Waals surface area contributed by atoms with Crippen molar-refractivity contribution in [2.45, 2.75) is 0 Å². The second-order valence-electron chi connectivity index (χ2n) is 4.41. The highest BCUT2D eigenvalue weighted by molar-refractivity contribution is 6.36. The normalized spacial score (nSPS) is 10.1. The van der Waals surface area contributed by atoms with Crippen LogP contribution in [0.2, 0.25) is 10.0 Å². The lowest BCUT2D eigenvalue weighted by Gasteiger charge is -2.09. The number of benzene rings is 1. The van der Waals surface area contributed by atoms with Gasteiger partial charge in [-0.3, -0.25) is 14.9 Å². The molecule has 8 nitrogen and oxygen atoms in total. The van der Waals surface area contributed by atoms with Gasteiger partial charge in [0.05, 0.1) is 28.1 Å². The van der Waals surface area contributed by atoms with Crippen LogP contribution in [0.5, 0.6) is 11.5 Å². The zero-order chi connectivity index (χ0) is 17.7. The topological polar surface area (TPSA) is 104 Å². The van der Waals surface area contributed by atoms with Crippen LogP contribution in [0, 0.1) is 10.1 Å². The van der Waals surface area contributed by atoms with Gasteiger partial charge in [0.25, 0.3) is 5.91 Å². The molecule has 24 heavy (non-hydrogen) atoms. The fourth-order valence-corrected chi connectivity index (χ4v) is 2.13. The summed E-state index contributed by atoms with van der Waals surface area (Å²) in [4.78, 5) is 26.1. The summed E-state index contributed by atoms with van der Waals surface area (Å²) in [6, 6.07) is 5.45. The predicted octanol–water partition coefficient (Wildman–Crippen LogP) is 3.32. The molecule has 0 aliphatic rings. The van der Waals surface area contributed by atoms with Gasteiger partial charge in [0.1, 0.15) is 5.75 Å². The number of amides is 1. The number of halogens is 2. The monoisotopic (exact) mass is 371 g/mol. The van der Waals surface area contributed by atoms with Gasteiger partial charge < -0.3 is 14.8 Å². The molecule has 0 spiro atoms. The average Bonchev–Trinajstić information content (AvgIpc) is 2.55. The minimum absolute atomic E-state index is 0.0638. The molecule has 2 aromatic rings. The van der Waals surface area contributed by atoms with E-state index >= 15 is 0 Å². The van der Waals surface area contributed by atoms with Crippen LogP contribution >= 0.6 is 23.2 Å². The fourth-order valence-electron chi connectivity index (χ4n) is 1.71. The molecule has 0 aliphatic heterocycles. The van der Waals surface area contributed by atoms with Crippen molar-refractivity contribution in [3.05, 3.63) is 50.6 Å². The number of hydrogen-bond acceptors (Lipinski definition) is 6. The minimum atomic E-state index is -0.632. The highest BCUT2D eigenvalue weighted by atomic mass is 35.5. The molecule has 0 saturated carbocycles. The van der Waals surface area contributed by atoms with Crippen LogP contribution in [-0.2, 0) is 4.79 Å². The molecule has 1 amide bonds. The number of methoxy groups -OCH3 is 1. The maximum atomic E-state index is 11.9. The Balaban J connectivity index is 2.05. The van der Waals surface area contributed by atoms with Crippen LogP contribution < -0.4 is 14.8 Å². The highest BCUT2D eigenvalue weighted by Gasteiger charge is 2.18. The third-order valence-electron chi connectivity index (χ3n) is 2.79. The van der Waals surface area contributed by atoms with Gasteiger partial charge in [-0.15, -0.1) is 0 Å². The lowest BCUT2D eigenvalue weighted by molar-refractivity contribution is -0.385. The number of nitrogens with one attached hydrogen (secondary N) is 1. The molecular formula is C14H11Cl2N3O5. The molecule has 1 aromatic heterocycles. The van der Waals surface area contributed by atoms with E-state index in [0.717, 1.165) is 0 Å². The van der Waals surface area contributed by atoms with Crippen molar-refractivity contribution in [2.24, 2.45) is 0 Å². The zero-order valence-electron chi connectivity index (χ0n) is 12.3. The Morgan fingerprint density at radius 3 is 2.75 bits per heavy atom. The second-order valence-corrected chi connectivity index (χ2v) is 5.26. The molecule has 0 radical (unpaired) electrons. The summed E-state index contributed by atoms with van der Waals surface area (Å²) in [5.74, 6) is -0.238. The van der Waals surface area contributed by atoms with E-state index < -0.39 is 17.4 Å². The van der Waals surface area contributed by atoms with E-state index in [1.165, 1.54) is 37.6 Å². The number of nitro benzene ring substituents is 1. The number of aromatic nitrogens is 1. The summed E-state index contributed by atoms with van der Waals surface area (Å²) in [5.41, 5.74) is -0.315. The Morgan fingerprint density at radius 2 is 2.12 bits per heavy atom. The summed E-state index contributed by atoms with van der Waals surface area (Å²) in [5, 5.41) is 13.9. The number of carbonyl (C=O) groups is 1. The number of nitro groups is 1. The van der Waals surface area contributed by atoms with Crippen LogP contribution in [0.1, 0.15) is 0 Å². The van der Waals surface area contributed by atoms with Crippen LogP contribution in [0.15, 0.2) is 30.5 Å². The number of hydrogen-bond donors (Lipinski definition) is 1. The first-order valence-corrected chi connectivity index (χ1v) is 7.22. The molecule has 1 N–H and O–H groups in total. The minimum Gasteiger partial charge on any atom is -0.496 e.